The lowest BCUT2D eigenvalue weighted by molar-refractivity contribution is 0.0601. The first-order chi connectivity index (χ1) is 12.2. The van der Waals surface area contributed by atoms with E-state index in [1.165, 1.54) is 13.3 Å². The third-order valence-corrected chi connectivity index (χ3v) is 3.31. The van der Waals surface area contributed by atoms with Crippen molar-refractivity contribution >= 4 is 23.4 Å². The van der Waals surface area contributed by atoms with Gasteiger partial charge in [-0.2, -0.15) is 10.1 Å². The normalized spacial score (nSPS) is 10.1. The number of ether oxygens (including phenoxy) is 1. The van der Waals surface area contributed by atoms with Crippen LogP contribution in [0.15, 0.2) is 55.0 Å². The zero-order valence-corrected chi connectivity index (χ0v) is 13.5. The van der Waals surface area contributed by atoms with Crippen LogP contribution < -0.4 is 10.6 Å². The number of hydrogen-bond donors (Lipinski definition) is 2. The molecule has 8 nitrogen and oxygen atoms in total. The summed E-state index contributed by atoms with van der Waals surface area (Å²) in [5, 5.41) is 14.1. The smallest absolute Gasteiger partial charge is 0.337 e. The number of aromatic nitrogens is 4. The van der Waals surface area contributed by atoms with E-state index in [2.05, 4.69) is 35.5 Å². The Hall–Kier alpha value is -3.55. The van der Waals surface area contributed by atoms with E-state index in [9.17, 15) is 4.79 Å². The van der Waals surface area contributed by atoms with E-state index in [1.54, 1.807) is 36.7 Å². The minimum Gasteiger partial charge on any atom is -0.465 e. The molecule has 0 aliphatic rings. The fourth-order valence-electron chi connectivity index (χ4n) is 2.08. The molecule has 0 radical (unpaired) electrons. The van der Waals surface area contributed by atoms with Gasteiger partial charge in [-0.3, -0.25) is 4.98 Å². The molecule has 1 aromatic carbocycles. The Balaban J connectivity index is 1.64. The molecule has 2 heterocycles. The molecule has 0 aliphatic heterocycles. The topological polar surface area (TPSA) is 102 Å². The number of anilines is 3. The number of nitrogens with one attached hydrogen (secondary N) is 2. The molecular formula is C17H16N6O2. The number of nitrogens with zero attached hydrogens (tertiary/aromatic N) is 4. The van der Waals surface area contributed by atoms with E-state index >= 15 is 0 Å². The molecule has 0 fully saturated rings. The molecule has 3 aromatic rings. The molecule has 0 bridgehead atoms. The van der Waals surface area contributed by atoms with Crippen LogP contribution in [0.3, 0.4) is 0 Å². The molecular weight excluding hydrogens is 320 g/mol. The van der Waals surface area contributed by atoms with Crippen LogP contribution in [0, 0.1) is 0 Å². The lowest BCUT2D eigenvalue weighted by Crippen LogP contribution is -2.06. The van der Waals surface area contributed by atoms with Crippen molar-refractivity contribution in [3.63, 3.8) is 0 Å². The highest BCUT2D eigenvalue weighted by molar-refractivity contribution is 5.89. The van der Waals surface area contributed by atoms with Gasteiger partial charge in [-0.25, -0.2) is 4.79 Å². The molecule has 2 aromatic heterocycles. The maximum absolute atomic E-state index is 11.4. The number of rotatable bonds is 6. The van der Waals surface area contributed by atoms with Crippen molar-refractivity contribution in [3.8, 4) is 0 Å². The van der Waals surface area contributed by atoms with Crippen LogP contribution in [0.2, 0.25) is 0 Å². The van der Waals surface area contributed by atoms with Crippen molar-refractivity contribution in [1.82, 2.24) is 20.2 Å². The predicted octanol–water partition coefficient (Wildman–Crippen LogP) is 2.41. The third-order valence-electron chi connectivity index (χ3n) is 3.31. The van der Waals surface area contributed by atoms with Crippen molar-refractivity contribution in [1.29, 1.82) is 0 Å². The standard InChI is InChI=1S/C17H16N6O2/c1-25-16(24)13-4-6-14(7-5-13)21-15-11-20-23-17(22-15)19-10-12-3-2-8-18-9-12/h2-9,11H,10H2,1H3,(H2,19,21,22,23). The number of esters is 1. The minimum atomic E-state index is -0.378. The third kappa shape index (κ3) is 4.47. The van der Waals surface area contributed by atoms with E-state index in [0.717, 1.165) is 11.3 Å². The highest BCUT2D eigenvalue weighted by atomic mass is 16.5. The summed E-state index contributed by atoms with van der Waals surface area (Å²) in [6.07, 6.45) is 5.01. The SMILES string of the molecule is COC(=O)c1ccc(Nc2cnnc(NCc3cccnc3)n2)cc1. The summed E-state index contributed by atoms with van der Waals surface area (Å²) >= 11 is 0. The molecule has 25 heavy (non-hydrogen) atoms. The quantitative estimate of drug-likeness (QED) is 0.662. The van der Waals surface area contributed by atoms with Gasteiger partial charge in [0.15, 0.2) is 5.82 Å². The molecule has 0 atom stereocenters. The van der Waals surface area contributed by atoms with Crippen LogP contribution in [-0.4, -0.2) is 33.2 Å². The Labute approximate surface area is 144 Å². The van der Waals surface area contributed by atoms with E-state index in [0.29, 0.717) is 23.9 Å². The van der Waals surface area contributed by atoms with E-state index in [1.807, 2.05) is 12.1 Å². The molecule has 8 heteroatoms. The fourth-order valence-corrected chi connectivity index (χ4v) is 2.08. The van der Waals surface area contributed by atoms with Gasteiger partial charge in [0.1, 0.15) is 0 Å². The Morgan fingerprint density at radius 3 is 2.72 bits per heavy atom. The fraction of sp³-hybridized carbons (Fsp3) is 0.118. The molecule has 0 amide bonds. The average Bonchev–Trinajstić information content (AvgIpc) is 2.67. The summed E-state index contributed by atoms with van der Waals surface area (Å²) in [5.41, 5.74) is 2.27. The Kier molecular flexibility index (Phi) is 5.10. The van der Waals surface area contributed by atoms with Gasteiger partial charge in [-0.1, -0.05) is 6.07 Å². The summed E-state index contributed by atoms with van der Waals surface area (Å²) in [4.78, 5) is 19.8. The van der Waals surface area contributed by atoms with Crippen molar-refractivity contribution in [2.45, 2.75) is 6.54 Å². The van der Waals surface area contributed by atoms with Gasteiger partial charge in [0.05, 0.1) is 18.9 Å². The van der Waals surface area contributed by atoms with Crippen LogP contribution in [0.25, 0.3) is 0 Å². The van der Waals surface area contributed by atoms with Gasteiger partial charge in [-0.05, 0) is 35.9 Å². The molecule has 0 saturated carbocycles. The van der Waals surface area contributed by atoms with E-state index in [-0.39, 0.29) is 5.97 Å². The highest BCUT2D eigenvalue weighted by Crippen LogP contribution is 2.16. The zero-order valence-electron chi connectivity index (χ0n) is 13.5. The Bertz CT molecular complexity index is 839. The van der Waals surface area contributed by atoms with Crippen molar-refractivity contribution < 1.29 is 9.53 Å². The van der Waals surface area contributed by atoms with Gasteiger partial charge in [0.2, 0.25) is 5.95 Å². The second kappa shape index (κ2) is 7.82. The lowest BCUT2D eigenvalue weighted by Gasteiger charge is -2.08. The predicted molar refractivity (Wildman–Crippen MR) is 92.5 cm³/mol. The van der Waals surface area contributed by atoms with Crippen LogP contribution >= 0.6 is 0 Å². The highest BCUT2D eigenvalue weighted by Gasteiger charge is 2.05. The Morgan fingerprint density at radius 2 is 2.00 bits per heavy atom. The van der Waals surface area contributed by atoms with Gasteiger partial charge >= 0.3 is 5.97 Å². The second-order valence-electron chi connectivity index (χ2n) is 5.07. The second-order valence-corrected chi connectivity index (χ2v) is 5.07. The van der Waals surface area contributed by atoms with Crippen LogP contribution in [0.4, 0.5) is 17.5 Å². The van der Waals surface area contributed by atoms with Crippen LogP contribution in [-0.2, 0) is 11.3 Å². The maximum Gasteiger partial charge on any atom is 0.337 e. The number of carbonyl (C=O) groups is 1. The monoisotopic (exact) mass is 336 g/mol. The molecule has 0 unspecified atom stereocenters. The van der Waals surface area contributed by atoms with Gasteiger partial charge in [0, 0.05) is 24.6 Å². The number of pyridine rings is 1. The summed E-state index contributed by atoms with van der Waals surface area (Å²) in [6.45, 7) is 0.548. The maximum atomic E-state index is 11.4. The largest absolute Gasteiger partial charge is 0.465 e. The molecule has 0 saturated heterocycles. The lowest BCUT2D eigenvalue weighted by atomic mass is 10.2. The van der Waals surface area contributed by atoms with Crippen molar-refractivity contribution in [3.05, 3.63) is 66.1 Å². The van der Waals surface area contributed by atoms with Crippen LogP contribution in [0.1, 0.15) is 15.9 Å². The summed E-state index contributed by atoms with van der Waals surface area (Å²) < 4.78 is 4.67. The number of benzene rings is 1. The molecule has 126 valence electrons. The summed E-state index contributed by atoms with van der Waals surface area (Å²) in [7, 11) is 1.35. The summed E-state index contributed by atoms with van der Waals surface area (Å²) in [5.74, 6) is 0.562. The number of methoxy groups -OCH3 is 1. The van der Waals surface area contributed by atoms with Gasteiger partial charge in [-0.15, -0.1) is 5.10 Å². The first-order valence-electron chi connectivity index (χ1n) is 7.52. The molecule has 2 N–H and O–H groups in total. The molecule has 3 rings (SSSR count). The number of hydrogen-bond acceptors (Lipinski definition) is 8. The zero-order chi connectivity index (χ0) is 17.5. The summed E-state index contributed by atoms with van der Waals surface area (Å²) in [6, 6.07) is 10.7. The van der Waals surface area contributed by atoms with Gasteiger partial charge in [0.25, 0.3) is 0 Å². The van der Waals surface area contributed by atoms with Crippen LogP contribution in [0.5, 0.6) is 0 Å². The number of carbonyl (C=O) groups excluding carboxylic acids is 1. The first-order valence-corrected chi connectivity index (χ1v) is 7.52. The first kappa shape index (κ1) is 16.3. The molecule has 0 spiro atoms. The average molecular weight is 336 g/mol. The molecule has 0 aliphatic carbocycles. The van der Waals surface area contributed by atoms with Crippen molar-refractivity contribution in [2.24, 2.45) is 0 Å². The van der Waals surface area contributed by atoms with Crippen molar-refractivity contribution in [2.75, 3.05) is 17.7 Å². The Morgan fingerprint density at radius 1 is 1.16 bits per heavy atom. The van der Waals surface area contributed by atoms with E-state index in [4.69, 9.17) is 0 Å². The van der Waals surface area contributed by atoms with E-state index < -0.39 is 0 Å². The minimum absolute atomic E-state index is 0.378. The van der Waals surface area contributed by atoms with Gasteiger partial charge < -0.3 is 15.4 Å².